The summed E-state index contributed by atoms with van der Waals surface area (Å²) < 4.78 is 5.61. The number of nitrogens with zero attached hydrogens (tertiary/aromatic N) is 1. The van der Waals surface area contributed by atoms with E-state index in [0.29, 0.717) is 13.2 Å². The molecule has 118 valence electrons. The van der Waals surface area contributed by atoms with Gasteiger partial charge in [-0.3, -0.25) is 9.59 Å². The number of carbonyl (C=O) groups is 2. The quantitative estimate of drug-likeness (QED) is 0.755. The Morgan fingerprint density at radius 2 is 1.95 bits per heavy atom. The van der Waals surface area contributed by atoms with E-state index >= 15 is 0 Å². The molecule has 0 aromatic carbocycles. The van der Waals surface area contributed by atoms with Crippen LogP contribution in [-0.4, -0.2) is 48.6 Å². The maximum Gasteiger partial charge on any atom is 0.248 e. The lowest BCUT2D eigenvalue weighted by atomic mass is 9.79. The van der Waals surface area contributed by atoms with Gasteiger partial charge in [0.2, 0.25) is 11.8 Å². The molecule has 1 spiro atoms. The van der Waals surface area contributed by atoms with Crippen molar-refractivity contribution in [2.24, 2.45) is 5.92 Å². The molecule has 0 bridgehead atoms. The molecule has 3 rings (SSSR count). The Balaban J connectivity index is 1.48. The van der Waals surface area contributed by atoms with E-state index in [2.05, 4.69) is 5.32 Å². The van der Waals surface area contributed by atoms with Crippen LogP contribution in [0.2, 0.25) is 0 Å². The minimum atomic E-state index is -0.595. The van der Waals surface area contributed by atoms with Crippen LogP contribution in [0.1, 0.15) is 51.4 Å². The molecule has 1 aliphatic heterocycles. The molecule has 1 heterocycles. The Morgan fingerprint density at radius 3 is 2.67 bits per heavy atom. The van der Waals surface area contributed by atoms with E-state index in [1.54, 1.807) is 4.90 Å². The second-order valence-corrected chi connectivity index (χ2v) is 6.79. The van der Waals surface area contributed by atoms with Crippen LogP contribution in [-0.2, 0) is 14.3 Å². The average molecular weight is 294 g/mol. The summed E-state index contributed by atoms with van der Waals surface area (Å²) in [5.41, 5.74) is -0.595. The van der Waals surface area contributed by atoms with Crippen LogP contribution < -0.4 is 5.32 Å². The normalized spacial score (nSPS) is 25.2. The van der Waals surface area contributed by atoms with Crippen molar-refractivity contribution in [2.45, 2.75) is 56.9 Å². The van der Waals surface area contributed by atoms with Gasteiger partial charge >= 0.3 is 0 Å². The third kappa shape index (κ3) is 3.57. The third-order valence-electron chi connectivity index (χ3n) is 4.88. The lowest BCUT2D eigenvalue weighted by Crippen LogP contribution is -2.67. The molecule has 0 aromatic rings. The van der Waals surface area contributed by atoms with Gasteiger partial charge in [-0.2, -0.15) is 0 Å². The predicted molar refractivity (Wildman–Crippen MR) is 78.7 cm³/mol. The van der Waals surface area contributed by atoms with Crippen LogP contribution in [0, 0.1) is 5.92 Å². The van der Waals surface area contributed by atoms with E-state index in [9.17, 15) is 9.59 Å². The largest absolute Gasteiger partial charge is 0.381 e. The van der Waals surface area contributed by atoms with Crippen molar-refractivity contribution in [3.8, 4) is 0 Å². The summed E-state index contributed by atoms with van der Waals surface area (Å²) in [6.07, 6.45) is 8.25. The van der Waals surface area contributed by atoms with Crippen LogP contribution in [0.4, 0.5) is 0 Å². The van der Waals surface area contributed by atoms with Gasteiger partial charge in [0.1, 0.15) is 5.54 Å². The number of ether oxygens (including phenoxy) is 1. The molecule has 0 unspecified atom stereocenters. The number of carbonyl (C=O) groups excluding carboxylic acids is 2. The first kappa shape index (κ1) is 14.8. The van der Waals surface area contributed by atoms with Crippen molar-refractivity contribution in [3.05, 3.63) is 0 Å². The van der Waals surface area contributed by atoms with Gasteiger partial charge in [-0.1, -0.05) is 19.3 Å². The Labute approximate surface area is 126 Å². The van der Waals surface area contributed by atoms with Gasteiger partial charge in [-0.05, 0) is 38.0 Å². The fourth-order valence-corrected chi connectivity index (χ4v) is 3.47. The molecule has 5 nitrogen and oxygen atoms in total. The minimum Gasteiger partial charge on any atom is -0.381 e. The zero-order chi connectivity index (χ0) is 14.7. The second-order valence-electron chi connectivity index (χ2n) is 6.79. The highest BCUT2D eigenvalue weighted by atomic mass is 16.5. The highest BCUT2D eigenvalue weighted by Crippen LogP contribution is 2.32. The lowest BCUT2D eigenvalue weighted by molar-refractivity contribution is -0.151. The molecule has 2 amide bonds. The molecule has 1 saturated heterocycles. The SMILES string of the molecule is O=C1CN(CCCOCC2CC2)C(=O)C2(CCCCC2)N1. The molecule has 5 heteroatoms. The monoisotopic (exact) mass is 294 g/mol. The van der Waals surface area contributed by atoms with Crippen molar-refractivity contribution in [3.63, 3.8) is 0 Å². The van der Waals surface area contributed by atoms with Gasteiger partial charge in [-0.25, -0.2) is 0 Å². The summed E-state index contributed by atoms with van der Waals surface area (Å²) >= 11 is 0. The molecule has 1 N–H and O–H groups in total. The van der Waals surface area contributed by atoms with Crippen LogP contribution in [0.25, 0.3) is 0 Å². The van der Waals surface area contributed by atoms with Gasteiger partial charge in [0.05, 0.1) is 6.54 Å². The van der Waals surface area contributed by atoms with E-state index in [0.717, 1.165) is 44.6 Å². The summed E-state index contributed by atoms with van der Waals surface area (Å²) in [4.78, 5) is 26.4. The lowest BCUT2D eigenvalue weighted by Gasteiger charge is -2.44. The average Bonchev–Trinajstić information content (AvgIpc) is 3.29. The topological polar surface area (TPSA) is 58.6 Å². The third-order valence-corrected chi connectivity index (χ3v) is 4.88. The maximum absolute atomic E-state index is 12.7. The Hall–Kier alpha value is -1.10. The summed E-state index contributed by atoms with van der Waals surface area (Å²) in [7, 11) is 0. The minimum absolute atomic E-state index is 0.00426. The van der Waals surface area contributed by atoms with Crippen molar-refractivity contribution in [1.82, 2.24) is 10.2 Å². The second kappa shape index (κ2) is 6.34. The van der Waals surface area contributed by atoms with Crippen molar-refractivity contribution >= 4 is 11.8 Å². The Kier molecular flexibility index (Phi) is 4.48. The Bertz CT molecular complexity index is 400. The van der Waals surface area contributed by atoms with Crippen LogP contribution in [0.15, 0.2) is 0 Å². The fraction of sp³-hybridized carbons (Fsp3) is 0.875. The van der Waals surface area contributed by atoms with Crippen molar-refractivity contribution in [2.75, 3.05) is 26.3 Å². The zero-order valence-corrected chi connectivity index (χ0v) is 12.7. The smallest absolute Gasteiger partial charge is 0.248 e. The molecule has 0 radical (unpaired) electrons. The molecular weight excluding hydrogens is 268 g/mol. The highest BCUT2D eigenvalue weighted by Gasteiger charge is 2.46. The summed E-state index contributed by atoms with van der Waals surface area (Å²) in [6, 6.07) is 0. The molecule has 2 saturated carbocycles. The number of hydrogen-bond acceptors (Lipinski definition) is 3. The summed E-state index contributed by atoms with van der Waals surface area (Å²) in [5, 5.41) is 2.97. The molecule has 2 aliphatic carbocycles. The zero-order valence-electron chi connectivity index (χ0n) is 12.7. The van der Waals surface area contributed by atoms with E-state index < -0.39 is 5.54 Å². The molecule has 3 fully saturated rings. The number of piperazine rings is 1. The molecule has 0 aromatic heterocycles. The molecule has 0 atom stereocenters. The van der Waals surface area contributed by atoms with Gasteiger partial charge in [0.25, 0.3) is 0 Å². The van der Waals surface area contributed by atoms with Gasteiger partial charge in [0.15, 0.2) is 0 Å². The van der Waals surface area contributed by atoms with E-state index in [4.69, 9.17) is 4.74 Å². The maximum atomic E-state index is 12.7. The van der Waals surface area contributed by atoms with Crippen LogP contribution in [0.5, 0.6) is 0 Å². The summed E-state index contributed by atoms with van der Waals surface area (Å²) in [6.45, 7) is 2.40. The number of nitrogens with one attached hydrogen (secondary N) is 1. The first-order valence-corrected chi connectivity index (χ1v) is 8.38. The standard InChI is InChI=1S/C16H26N2O3/c19-14-11-18(9-4-10-21-12-13-5-6-13)15(20)16(17-14)7-2-1-3-8-16/h13H,1-12H2,(H,17,19). The van der Waals surface area contributed by atoms with Gasteiger partial charge in [0, 0.05) is 19.8 Å². The number of rotatable bonds is 6. The van der Waals surface area contributed by atoms with E-state index in [1.807, 2.05) is 0 Å². The number of amides is 2. The van der Waals surface area contributed by atoms with E-state index in [1.165, 1.54) is 19.3 Å². The van der Waals surface area contributed by atoms with Crippen LogP contribution >= 0.6 is 0 Å². The first-order valence-electron chi connectivity index (χ1n) is 8.38. The molecule has 21 heavy (non-hydrogen) atoms. The van der Waals surface area contributed by atoms with Crippen molar-refractivity contribution < 1.29 is 14.3 Å². The van der Waals surface area contributed by atoms with Crippen LogP contribution in [0.3, 0.4) is 0 Å². The van der Waals surface area contributed by atoms with Crippen molar-refractivity contribution in [1.29, 1.82) is 0 Å². The molecule has 3 aliphatic rings. The molecular formula is C16H26N2O3. The van der Waals surface area contributed by atoms with Gasteiger partial charge in [-0.15, -0.1) is 0 Å². The fourth-order valence-electron chi connectivity index (χ4n) is 3.47. The van der Waals surface area contributed by atoms with Gasteiger partial charge < -0.3 is 15.0 Å². The van der Waals surface area contributed by atoms with E-state index in [-0.39, 0.29) is 18.4 Å². The Morgan fingerprint density at radius 1 is 1.19 bits per heavy atom. The summed E-state index contributed by atoms with van der Waals surface area (Å²) in [5.74, 6) is 0.900. The predicted octanol–water partition coefficient (Wildman–Crippen LogP) is 1.46. The highest BCUT2D eigenvalue weighted by molar-refractivity contribution is 5.98. The first-order chi connectivity index (χ1) is 10.2. The number of hydrogen-bond donors (Lipinski definition) is 1.